The first-order valence-electron chi connectivity index (χ1n) is 8.12. The van der Waals surface area contributed by atoms with Gasteiger partial charge in [-0.05, 0) is 18.2 Å². The summed E-state index contributed by atoms with van der Waals surface area (Å²) < 4.78 is 226. The van der Waals surface area contributed by atoms with Gasteiger partial charge in [0.15, 0.2) is 0 Å². The van der Waals surface area contributed by atoms with E-state index < -0.39 is 70.8 Å². The Bertz CT molecular complexity index is 1020. The highest BCUT2D eigenvalue weighted by Crippen LogP contribution is 2.63. The second-order valence-electron chi connectivity index (χ2n) is 6.47. The molecular weight excluding hydrogens is 563 g/mol. The van der Waals surface area contributed by atoms with Gasteiger partial charge < -0.3 is 9.84 Å². The first-order valence-corrected chi connectivity index (χ1v) is 8.12. The molecule has 0 aromatic heterocycles. The number of hydrogen-bond acceptors (Lipinski definition) is 2. The number of alkyl halides is 15. The van der Waals surface area contributed by atoms with Crippen LogP contribution in [0.2, 0.25) is 0 Å². The Balaban J connectivity index is 3.59. The van der Waals surface area contributed by atoms with Gasteiger partial charge >= 0.3 is 53.7 Å². The van der Waals surface area contributed by atoms with E-state index in [0.717, 1.165) is 0 Å². The molecule has 0 saturated carbocycles. The van der Waals surface area contributed by atoms with E-state index in [2.05, 4.69) is 4.74 Å². The molecule has 0 aliphatic rings. The molecule has 1 rings (SSSR count). The molecule has 0 fully saturated rings. The van der Waals surface area contributed by atoms with Gasteiger partial charge in [0.2, 0.25) is 5.83 Å². The number of allylic oxidation sites excluding steroid dienone is 1. The highest BCUT2D eigenvalue weighted by molar-refractivity contribution is 5.88. The van der Waals surface area contributed by atoms with E-state index in [-0.39, 0.29) is 6.07 Å². The third-order valence-corrected chi connectivity index (χ3v) is 4.06. The van der Waals surface area contributed by atoms with Crippen LogP contribution >= 0.6 is 0 Å². The summed E-state index contributed by atoms with van der Waals surface area (Å²) in [5.41, 5.74) is -0.864. The molecule has 36 heavy (non-hydrogen) atoms. The Morgan fingerprint density at radius 2 is 1.08 bits per heavy atom. The molecule has 206 valence electrons. The zero-order chi connectivity index (χ0) is 28.9. The number of hydrogen-bond donors (Lipinski definition) is 1. The lowest BCUT2D eigenvalue weighted by molar-refractivity contribution is -0.451. The van der Waals surface area contributed by atoms with Gasteiger partial charge in [-0.25, -0.2) is 4.79 Å². The van der Waals surface area contributed by atoms with Gasteiger partial charge in [-0.15, -0.1) is 0 Å². The van der Waals surface area contributed by atoms with E-state index in [1.54, 1.807) is 0 Å². The lowest BCUT2D eigenvalue weighted by Gasteiger charge is -2.41. The summed E-state index contributed by atoms with van der Waals surface area (Å²) in [5, 5.41) is 8.63. The van der Waals surface area contributed by atoms with Crippen LogP contribution in [0.15, 0.2) is 36.1 Å². The van der Waals surface area contributed by atoms with Crippen LogP contribution in [-0.4, -0.2) is 52.8 Å². The van der Waals surface area contributed by atoms with E-state index in [9.17, 15) is 79.4 Å². The number of aromatic carboxylic acids is 1. The molecule has 1 aromatic rings. The van der Waals surface area contributed by atoms with E-state index in [0.29, 0.717) is 18.2 Å². The van der Waals surface area contributed by atoms with Gasteiger partial charge in [-0.2, -0.15) is 74.6 Å². The summed E-state index contributed by atoms with van der Waals surface area (Å²) in [6, 6.07) is -1.73. The first kappa shape index (κ1) is 31.1. The lowest BCUT2D eigenvalue weighted by Crippen LogP contribution is -2.72. The summed E-state index contributed by atoms with van der Waals surface area (Å²) in [4.78, 5) is 10.7. The van der Waals surface area contributed by atoms with Crippen LogP contribution in [-0.2, 0) is 0 Å². The Kier molecular flexibility index (Phi) is 7.64. The first-order chi connectivity index (χ1) is 15.7. The van der Waals surface area contributed by atoms with Crippen LogP contribution in [0.1, 0.15) is 10.4 Å². The molecule has 1 aromatic carbocycles. The number of carboxylic acids is 1. The maximum Gasteiger partial charge on any atom is 0.460 e. The fourth-order valence-corrected chi connectivity index (χ4v) is 2.07. The van der Waals surface area contributed by atoms with Crippen molar-refractivity contribution in [1.82, 2.24) is 0 Å². The van der Waals surface area contributed by atoms with E-state index in [1.165, 1.54) is 0 Å². The Labute approximate surface area is 185 Å². The van der Waals surface area contributed by atoms with Crippen LogP contribution in [0, 0.1) is 0 Å². The highest BCUT2D eigenvalue weighted by atomic mass is 19.4. The van der Waals surface area contributed by atoms with Crippen molar-refractivity contribution >= 4 is 5.97 Å². The molecule has 0 amide bonds. The number of rotatable bonds is 9. The van der Waals surface area contributed by atoms with Crippen LogP contribution in [0.4, 0.5) is 74.6 Å². The van der Waals surface area contributed by atoms with E-state index in [4.69, 9.17) is 5.11 Å². The minimum atomic E-state index is -8.68. The number of carboxylic acid groups (broad SMARTS) is 1. The maximum atomic E-state index is 13.6. The topological polar surface area (TPSA) is 46.5 Å². The molecule has 0 unspecified atom stereocenters. The molecule has 0 aliphatic heterocycles. The molecular formula is C16H5F17O3. The predicted molar refractivity (Wildman–Crippen MR) is 79.0 cm³/mol. The van der Waals surface area contributed by atoms with Gasteiger partial charge in [0.05, 0.1) is 5.56 Å². The van der Waals surface area contributed by atoms with Crippen LogP contribution in [0.3, 0.4) is 0 Å². The standard InChI is InChI=1S/C16H5F17O3/c17-7(8(18)36-6-3-1-2-5(4-6)9(34)35)10(19,20)11(21,22)12(23,24)13(25,26)14(27,28)15(29,30)16(31,32)33/h1-4H,(H,34,35). The Hall–Kier alpha value is -2.96. The molecule has 0 spiro atoms. The largest absolute Gasteiger partial charge is 0.478 e. The molecule has 0 aliphatic carbocycles. The molecule has 0 radical (unpaired) electrons. The average Bonchev–Trinajstić information content (AvgIpc) is 2.71. The zero-order valence-corrected chi connectivity index (χ0v) is 16.0. The molecule has 20 heteroatoms. The fourth-order valence-electron chi connectivity index (χ4n) is 2.07. The van der Waals surface area contributed by atoms with Gasteiger partial charge in [-0.1, -0.05) is 6.07 Å². The second kappa shape index (κ2) is 8.86. The number of halogens is 17. The highest BCUT2D eigenvalue weighted by Gasteiger charge is 2.93. The van der Waals surface area contributed by atoms with Crippen molar-refractivity contribution in [2.45, 2.75) is 41.7 Å². The van der Waals surface area contributed by atoms with Crippen molar-refractivity contribution in [2.24, 2.45) is 0 Å². The van der Waals surface area contributed by atoms with Gasteiger partial charge in [0.1, 0.15) is 5.75 Å². The second-order valence-corrected chi connectivity index (χ2v) is 6.47. The minimum absolute atomic E-state index is 0.188. The third-order valence-electron chi connectivity index (χ3n) is 4.06. The van der Waals surface area contributed by atoms with E-state index >= 15 is 0 Å². The van der Waals surface area contributed by atoms with Crippen LogP contribution in [0.25, 0.3) is 0 Å². The molecule has 0 bridgehead atoms. The monoisotopic (exact) mass is 568 g/mol. The Morgan fingerprint density at radius 3 is 1.50 bits per heavy atom. The van der Waals surface area contributed by atoms with Gasteiger partial charge in [-0.3, -0.25) is 0 Å². The van der Waals surface area contributed by atoms with Gasteiger partial charge in [0.25, 0.3) is 0 Å². The van der Waals surface area contributed by atoms with Crippen molar-refractivity contribution in [1.29, 1.82) is 0 Å². The molecule has 1 N–H and O–H groups in total. The zero-order valence-electron chi connectivity index (χ0n) is 16.0. The molecule has 3 nitrogen and oxygen atoms in total. The molecule has 0 heterocycles. The minimum Gasteiger partial charge on any atom is -0.478 e. The quantitative estimate of drug-likeness (QED) is 0.252. The van der Waals surface area contributed by atoms with Crippen LogP contribution in [0.5, 0.6) is 5.75 Å². The molecule has 0 atom stereocenters. The summed E-state index contributed by atoms with van der Waals surface area (Å²) in [6.07, 6.45) is -7.82. The number of benzene rings is 1. The third kappa shape index (κ3) is 4.48. The average molecular weight is 568 g/mol. The van der Waals surface area contributed by atoms with Gasteiger partial charge in [0, 0.05) is 0 Å². The van der Waals surface area contributed by atoms with Crippen LogP contribution < -0.4 is 4.74 Å². The predicted octanol–water partition coefficient (Wildman–Crippen LogP) is 7.25. The summed E-state index contributed by atoms with van der Waals surface area (Å²) in [5.74, 6) is -57.8. The fraction of sp³-hybridized carbons (Fsp3) is 0.438. The normalized spacial score (nSPS) is 15.5. The maximum absolute atomic E-state index is 13.6. The SMILES string of the molecule is O=C(O)c1cccc(OC(F)=C(F)C(F)(F)C(F)(F)C(F)(F)C(F)(F)C(F)(F)C(F)(F)C(F)(F)F)c1. The lowest BCUT2D eigenvalue weighted by atomic mass is 9.91. The summed E-state index contributed by atoms with van der Waals surface area (Å²) in [7, 11) is 0. The molecule has 0 saturated heterocycles. The van der Waals surface area contributed by atoms with Crippen molar-refractivity contribution in [3.63, 3.8) is 0 Å². The summed E-state index contributed by atoms with van der Waals surface area (Å²) >= 11 is 0. The number of ether oxygens (including phenoxy) is 1. The van der Waals surface area contributed by atoms with Crippen molar-refractivity contribution < 1.29 is 89.3 Å². The van der Waals surface area contributed by atoms with Crippen molar-refractivity contribution in [3.05, 3.63) is 41.7 Å². The number of carbonyl (C=O) groups is 1. The summed E-state index contributed by atoms with van der Waals surface area (Å²) in [6.45, 7) is 0. The van der Waals surface area contributed by atoms with Crippen molar-refractivity contribution in [3.8, 4) is 5.75 Å². The van der Waals surface area contributed by atoms with Crippen molar-refractivity contribution in [2.75, 3.05) is 0 Å². The van der Waals surface area contributed by atoms with E-state index in [1.807, 2.05) is 0 Å². The Morgan fingerprint density at radius 1 is 0.667 bits per heavy atom. The smallest absolute Gasteiger partial charge is 0.460 e.